The molecule has 0 bridgehead atoms. The molecule has 3 rings (SSSR count). The number of sulfone groups is 1. The molecule has 9 heteroatoms. The predicted octanol–water partition coefficient (Wildman–Crippen LogP) is 1.88. The Labute approximate surface area is 154 Å². The number of hydrogen-bond acceptors (Lipinski definition) is 6. The van der Waals surface area contributed by atoms with Crippen LogP contribution in [0.4, 0.5) is 10.6 Å². The van der Waals surface area contributed by atoms with Crippen molar-refractivity contribution in [2.24, 2.45) is 10.8 Å². The van der Waals surface area contributed by atoms with Crippen molar-refractivity contribution in [1.82, 2.24) is 15.1 Å². The normalized spacial score (nSPS) is 23.0. The highest BCUT2D eigenvalue weighted by Crippen LogP contribution is 2.53. The molecule has 26 heavy (non-hydrogen) atoms. The van der Waals surface area contributed by atoms with Crippen LogP contribution < -0.4 is 4.90 Å². The molecule has 1 N–H and O–H groups in total. The molecule has 2 aliphatic heterocycles. The Morgan fingerprint density at radius 1 is 1.23 bits per heavy atom. The van der Waals surface area contributed by atoms with Crippen LogP contribution in [-0.4, -0.2) is 66.6 Å². The molecule has 0 radical (unpaired) electrons. The monoisotopic (exact) mass is 382 g/mol. The first-order valence-electron chi connectivity index (χ1n) is 8.72. The van der Waals surface area contributed by atoms with Crippen molar-refractivity contribution >= 4 is 21.7 Å². The lowest BCUT2D eigenvalue weighted by molar-refractivity contribution is -0.0106. The number of carbonyl (C=O) groups is 1. The van der Waals surface area contributed by atoms with Gasteiger partial charge < -0.3 is 14.9 Å². The Morgan fingerprint density at radius 3 is 2.27 bits per heavy atom. The number of nitrogens with zero attached hydrogens (tertiary/aromatic N) is 4. The van der Waals surface area contributed by atoms with Gasteiger partial charge in [0.1, 0.15) is 0 Å². The molecule has 1 atom stereocenters. The molecule has 1 unspecified atom stereocenters. The first kappa shape index (κ1) is 18.9. The van der Waals surface area contributed by atoms with Crippen molar-refractivity contribution in [2.75, 3.05) is 30.8 Å². The smallest absolute Gasteiger partial charge is 0.407 e. The molecule has 2 saturated heterocycles. The van der Waals surface area contributed by atoms with E-state index in [4.69, 9.17) is 0 Å². The van der Waals surface area contributed by atoms with Crippen molar-refractivity contribution in [3.05, 3.63) is 12.1 Å². The molecule has 0 saturated carbocycles. The van der Waals surface area contributed by atoms with Crippen LogP contribution in [0.5, 0.6) is 0 Å². The van der Waals surface area contributed by atoms with Gasteiger partial charge in [0.25, 0.3) is 0 Å². The maximum Gasteiger partial charge on any atom is 0.407 e. The highest BCUT2D eigenvalue weighted by atomic mass is 32.2. The summed E-state index contributed by atoms with van der Waals surface area (Å²) in [7, 11) is -3.37. The zero-order valence-corrected chi connectivity index (χ0v) is 16.5. The predicted molar refractivity (Wildman–Crippen MR) is 97.0 cm³/mol. The standard InChI is InChI=1S/C17H26N4O4S/c1-16(2,3)14-17(7-9-20(10-8-17)15(22)23)11-21(14)12-5-6-13(19-18-12)26(4,24)25/h5-6,14H,7-11H2,1-4H3,(H,22,23). The van der Waals surface area contributed by atoms with E-state index in [9.17, 15) is 18.3 Å². The van der Waals surface area contributed by atoms with Crippen LogP contribution in [0.3, 0.4) is 0 Å². The van der Waals surface area contributed by atoms with E-state index in [1.54, 1.807) is 6.07 Å². The molecule has 1 aromatic rings. The molecule has 0 aliphatic carbocycles. The maximum atomic E-state index is 11.6. The minimum absolute atomic E-state index is 0.0270. The summed E-state index contributed by atoms with van der Waals surface area (Å²) in [6.07, 6.45) is 1.91. The van der Waals surface area contributed by atoms with Gasteiger partial charge in [0, 0.05) is 37.3 Å². The summed E-state index contributed by atoms with van der Waals surface area (Å²) in [5.74, 6) is 0.670. The Bertz CT molecular complexity index is 793. The number of rotatable bonds is 2. The number of likely N-dealkylation sites (tertiary alicyclic amines) is 1. The fourth-order valence-corrected chi connectivity index (χ4v) is 5.08. The topological polar surface area (TPSA) is 104 Å². The Hall–Kier alpha value is -1.90. The van der Waals surface area contributed by atoms with Gasteiger partial charge in [-0.1, -0.05) is 20.8 Å². The lowest BCUT2D eigenvalue weighted by Gasteiger charge is -2.64. The largest absolute Gasteiger partial charge is 0.465 e. The lowest BCUT2D eigenvalue weighted by atomic mass is 9.57. The third kappa shape index (κ3) is 3.24. The van der Waals surface area contributed by atoms with Gasteiger partial charge in [-0.3, -0.25) is 0 Å². The van der Waals surface area contributed by atoms with E-state index in [1.807, 2.05) is 0 Å². The summed E-state index contributed by atoms with van der Waals surface area (Å²) in [4.78, 5) is 14.9. The molecule has 1 amide bonds. The van der Waals surface area contributed by atoms with Gasteiger partial charge >= 0.3 is 6.09 Å². The zero-order chi connectivity index (χ0) is 19.3. The van der Waals surface area contributed by atoms with Crippen LogP contribution in [0.2, 0.25) is 0 Å². The van der Waals surface area contributed by atoms with Gasteiger partial charge in [0.15, 0.2) is 20.7 Å². The van der Waals surface area contributed by atoms with Gasteiger partial charge in [0.2, 0.25) is 0 Å². The average molecular weight is 382 g/mol. The fraction of sp³-hybridized carbons (Fsp3) is 0.706. The molecule has 0 aromatic carbocycles. The lowest BCUT2D eigenvalue weighted by Crippen LogP contribution is -2.72. The molecule has 3 heterocycles. The molecular formula is C17H26N4O4S. The molecule has 8 nitrogen and oxygen atoms in total. The average Bonchev–Trinajstić information content (AvgIpc) is 2.50. The van der Waals surface area contributed by atoms with Crippen LogP contribution in [0.1, 0.15) is 33.6 Å². The third-order valence-corrected chi connectivity index (χ3v) is 6.50. The van der Waals surface area contributed by atoms with E-state index < -0.39 is 15.9 Å². The Balaban J connectivity index is 1.83. The zero-order valence-electron chi connectivity index (χ0n) is 15.6. The molecule has 1 aromatic heterocycles. The second-order valence-electron chi connectivity index (χ2n) is 8.53. The van der Waals surface area contributed by atoms with Crippen LogP contribution in [0.25, 0.3) is 0 Å². The summed E-state index contributed by atoms with van der Waals surface area (Å²) in [5, 5.41) is 17.2. The van der Waals surface area contributed by atoms with Crippen molar-refractivity contribution < 1.29 is 18.3 Å². The van der Waals surface area contributed by atoms with Gasteiger partial charge in [-0.2, -0.15) is 0 Å². The summed E-state index contributed by atoms with van der Waals surface area (Å²) in [5.41, 5.74) is 0.0300. The fourth-order valence-electron chi connectivity index (χ4n) is 4.57. The minimum Gasteiger partial charge on any atom is -0.465 e. The molecule has 144 valence electrons. The van der Waals surface area contributed by atoms with Crippen molar-refractivity contribution in [2.45, 2.75) is 44.7 Å². The minimum atomic E-state index is -3.37. The Kier molecular flexibility index (Phi) is 4.41. The van der Waals surface area contributed by atoms with Gasteiger partial charge in [0.05, 0.1) is 0 Å². The SMILES string of the molecule is CC(C)(C)C1N(c2ccc(S(C)(=O)=O)nn2)CC12CCN(C(=O)O)CC2. The van der Waals surface area contributed by atoms with Crippen LogP contribution in [-0.2, 0) is 9.84 Å². The van der Waals surface area contributed by atoms with E-state index in [0.29, 0.717) is 18.9 Å². The van der Waals surface area contributed by atoms with E-state index in [0.717, 1.165) is 25.6 Å². The van der Waals surface area contributed by atoms with Gasteiger partial charge in [-0.25, -0.2) is 13.2 Å². The van der Waals surface area contributed by atoms with Crippen molar-refractivity contribution in [3.8, 4) is 0 Å². The van der Waals surface area contributed by atoms with Crippen LogP contribution in [0.15, 0.2) is 17.2 Å². The van der Waals surface area contributed by atoms with Gasteiger partial charge in [-0.15, -0.1) is 10.2 Å². The molecule has 1 spiro atoms. The number of aromatic nitrogens is 2. The quantitative estimate of drug-likeness (QED) is 0.833. The highest BCUT2D eigenvalue weighted by Gasteiger charge is 2.58. The van der Waals surface area contributed by atoms with E-state index in [1.165, 1.54) is 11.0 Å². The van der Waals surface area contributed by atoms with E-state index in [-0.39, 0.29) is 21.9 Å². The third-order valence-electron chi connectivity index (χ3n) is 5.53. The van der Waals surface area contributed by atoms with Crippen LogP contribution in [0, 0.1) is 10.8 Å². The number of amides is 1. The van der Waals surface area contributed by atoms with Gasteiger partial charge in [-0.05, 0) is 30.4 Å². The maximum absolute atomic E-state index is 11.6. The summed E-state index contributed by atoms with van der Waals surface area (Å²) < 4.78 is 23.2. The Morgan fingerprint density at radius 2 is 1.85 bits per heavy atom. The summed E-state index contributed by atoms with van der Waals surface area (Å²) in [6.45, 7) is 8.41. The molecule has 2 aliphatic rings. The second kappa shape index (κ2) is 6.07. The number of hydrogen-bond donors (Lipinski definition) is 1. The number of carboxylic acid groups (broad SMARTS) is 1. The van der Waals surface area contributed by atoms with E-state index >= 15 is 0 Å². The highest BCUT2D eigenvalue weighted by molar-refractivity contribution is 7.90. The molecule has 2 fully saturated rings. The number of anilines is 1. The van der Waals surface area contributed by atoms with Crippen molar-refractivity contribution in [1.29, 1.82) is 0 Å². The van der Waals surface area contributed by atoms with E-state index in [2.05, 4.69) is 35.9 Å². The summed E-state index contributed by atoms with van der Waals surface area (Å²) >= 11 is 0. The number of piperidine rings is 1. The second-order valence-corrected chi connectivity index (χ2v) is 10.5. The first-order valence-corrected chi connectivity index (χ1v) is 10.6. The molecular weight excluding hydrogens is 356 g/mol. The summed E-state index contributed by atoms with van der Waals surface area (Å²) in [6, 6.07) is 3.40. The van der Waals surface area contributed by atoms with Crippen molar-refractivity contribution in [3.63, 3.8) is 0 Å². The van der Waals surface area contributed by atoms with Crippen LogP contribution >= 0.6 is 0 Å². The first-order chi connectivity index (χ1) is 11.9.